The molecule has 1 aromatic heterocycles. The molecule has 2 heterocycles. The maximum atomic E-state index is 11.5. The number of nitrogens with zero attached hydrogens (tertiary/aromatic N) is 2. The van der Waals surface area contributed by atoms with Gasteiger partial charge in [0.2, 0.25) is 10.0 Å². The van der Waals surface area contributed by atoms with Gasteiger partial charge in [-0.1, -0.05) is 0 Å². The molecule has 0 aromatic carbocycles. The van der Waals surface area contributed by atoms with E-state index >= 15 is 0 Å². The normalized spacial score (nSPS) is 22.9. The van der Waals surface area contributed by atoms with E-state index in [1.54, 1.807) is 6.20 Å². The van der Waals surface area contributed by atoms with Crippen molar-refractivity contribution in [3.8, 4) is 0 Å². The van der Waals surface area contributed by atoms with Crippen molar-refractivity contribution in [2.75, 3.05) is 19.4 Å². The number of hydrogen-bond acceptors (Lipinski definition) is 4. The lowest BCUT2D eigenvalue weighted by atomic mass is 9.88. The summed E-state index contributed by atoms with van der Waals surface area (Å²) < 4.78 is 33.0. The van der Waals surface area contributed by atoms with Gasteiger partial charge in [0.15, 0.2) is 0 Å². The van der Waals surface area contributed by atoms with Gasteiger partial charge in [-0.15, -0.1) is 0 Å². The fourth-order valence-corrected chi connectivity index (χ4v) is 3.28. The van der Waals surface area contributed by atoms with E-state index in [-0.39, 0.29) is 11.4 Å². The Balaban J connectivity index is 2.09. The van der Waals surface area contributed by atoms with Crippen LogP contribution in [0.1, 0.15) is 38.4 Å². The van der Waals surface area contributed by atoms with Crippen molar-refractivity contribution in [1.29, 1.82) is 0 Å². The van der Waals surface area contributed by atoms with E-state index in [1.807, 2.05) is 10.8 Å². The van der Waals surface area contributed by atoms with E-state index in [1.165, 1.54) is 7.05 Å². The molecule has 1 fully saturated rings. The third-order valence-corrected chi connectivity index (χ3v) is 5.06. The Morgan fingerprint density at radius 2 is 2.30 bits per heavy atom. The number of hydrogen-bond donors (Lipinski definition) is 1. The minimum atomic E-state index is -3.19. The average Bonchev–Trinajstić information content (AvgIpc) is 2.84. The molecule has 1 saturated heterocycles. The highest BCUT2D eigenvalue weighted by Gasteiger charge is 2.31. The zero-order chi connectivity index (χ0) is 14.8. The highest BCUT2D eigenvalue weighted by molar-refractivity contribution is 7.89. The first kappa shape index (κ1) is 15.5. The van der Waals surface area contributed by atoms with Crippen molar-refractivity contribution < 1.29 is 13.2 Å². The van der Waals surface area contributed by atoms with Crippen molar-refractivity contribution in [2.45, 2.75) is 44.8 Å². The summed E-state index contributed by atoms with van der Waals surface area (Å²) in [4.78, 5) is 4.42. The molecule has 0 aliphatic carbocycles. The zero-order valence-electron chi connectivity index (χ0n) is 12.3. The fourth-order valence-electron chi connectivity index (χ4n) is 2.64. The van der Waals surface area contributed by atoms with Crippen LogP contribution in [0.3, 0.4) is 0 Å². The summed E-state index contributed by atoms with van der Waals surface area (Å²) in [7, 11) is -1.75. The lowest BCUT2D eigenvalue weighted by molar-refractivity contribution is -0.0606. The predicted octanol–water partition coefficient (Wildman–Crippen LogP) is 1.10. The van der Waals surface area contributed by atoms with Crippen LogP contribution in [-0.2, 0) is 21.3 Å². The van der Waals surface area contributed by atoms with Crippen LogP contribution in [0.2, 0.25) is 0 Å². The number of nitrogens with one attached hydrogen (secondary N) is 1. The topological polar surface area (TPSA) is 73.2 Å². The zero-order valence-corrected chi connectivity index (χ0v) is 13.1. The predicted molar refractivity (Wildman–Crippen MR) is 77.1 cm³/mol. The van der Waals surface area contributed by atoms with E-state index in [0.29, 0.717) is 12.5 Å². The SMILES string of the molecule is CNS(=O)(=O)CCn1ccnc1[C@H]1CCOC(C)(C)C1. The van der Waals surface area contributed by atoms with E-state index < -0.39 is 10.0 Å². The first-order valence-electron chi connectivity index (χ1n) is 6.89. The van der Waals surface area contributed by atoms with Gasteiger partial charge in [-0.3, -0.25) is 0 Å². The molecule has 2 rings (SSSR count). The van der Waals surface area contributed by atoms with E-state index in [9.17, 15) is 8.42 Å². The molecule has 0 saturated carbocycles. The van der Waals surface area contributed by atoms with Gasteiger partial charge in [-0.05, 0) is 33.7 Å². The maximum Gasteiger partial charge on any atom is 0.213 e. The van der Waals surface area contributed by atoms with Crippen LogP contribution < -0.4 is 4.72 Å². The molecule has 6 nitrogen and oxygen atoms in total. The molecule has 1 aliphatic rings. The van der Waals surface area contributed by atoms with Gasteiger partial charge in [0.25, 0.3) is 0 Å². The molecule has 0 radical (unpaired) electrons. The molecular formula is C13H23N3O3S. The van der Waals surface area contributed by atoms with Crippen molar-refractivity contribution in [1.82, 2.24) is 14.3 Å². The monoisotopic (exact) mass is 301 g/mol. The molecular weight excluding hydrogens is 278 g/mol. The number of sulfonamides is 1. The van der Waals surface area contributed by atoms with Crippen molar-refractivity contribution >= 4 is 10.0 Å². The van der Waals surface area contributed by atoms with Crippen LogP contribution >= 0.6 is 0 Å². The van der Waals surface area contributed by atoms with E-state index in [2.05, 4.69) is 23.6 Å². The molecule has 0 amide bonds. The lowest BCUT2D eigenvalue weighted by Crippen LogP contribution is -2.34. The second-order valence-corrected chi connectivity index (χ2v) is 7.85. The molecule has 0 spiro atoms. The Morgan fingerprint density at radius 1 is 1.55 bits per heavy atom. The number of ether oxygens (including phenoxy) is 1. The first-order chi connectivity index (χ1) is 9.33. The summed E-state index contributed by atoms with van der Waals surface area (Å²) >= 11 is 0. The van der Waals surface area contributed by atoms with Crippen LogP contribution in [0.5, 0.6) is 0 Å². The Bertz CT molecular complexity index is 551. The molecule has 1 atom stereocenters. The Labute approximate surface area is 120 Å². The van der Waals surface area contributed by atoms with Gasteiger partial charge in [-0.25, -0.2) is 18.1 Å². The molecule has 114 valence electrons. The standard InChI is InChI=1S/C13H23N3O3S/c1-13(2)10-11(4-8-19-13)12-15-5-6-16(12)7-9-20(17,18)14-3/h5-6,11,14H,4,7-10H2,1-3H3/t11-/m0/s1. The average molecular weight is 301 g/mol. The largest absolute Gasteiger partial charge is 0.376 e. The molecule has 20 heavy (non-hydrogen) atoms. The minimum Gasteiger partial charge on any atom is -0.376 e. The van der Waals surface area contributed by atoms with Crippen LogP contribution in [-0.4, -0.2) is 43.0 Å². The molecule has 7 heteroatoms. The fraction of sp³-hybridized carbons (Fsp3) is 0.769. The summed E-state index contributed by atoms with van der Waals surface area (Å²) in [6.45, 7) is 5.31. The lowest BCUT2D eigenvalue weighted by Gasteiger charge is -2.35. The van der Waals surface area contributed by atoms with Gasteiger partial charge in [0.1, 0.15) is 5.82 Å². The number of aromatic nitrogens is 2. The number of imidazole rings is 1. The highest BCUT2D eigenvalue weighted by atomic mass is 32.2. The van der Waals surface area contributed by atoms with Crippen molar-refractivity contribution in [2.24, 2.45) is 0 Å². The van der Waals surface area contributed by atoms with Gasteiger partial charge < -0.3 is 9.30 Å². The van der Waals surface area contributed by atoms with Gasteiger partial charge in [0.05, 0.1) is 11.4 Å². The van der Waals surface area contributed by atoms with Gasteiger partial charge >= 0.3 is 0 Å². The quantitative estimate of drug-likeness (QED) is 0.884. The van der Waals surface area contributed by atoms with Crippen LogP contribution in [0.4, 0.5) is 0 Å². The third kappa shape index (κ3) is 3.80. The summed E-state index contributed by atoms with van der Waals surface area (Å²) in [6, 6.07) is 0. The molecule has 0 bridgehead atoms. The Hall–Kier alpha value is -0.920. The van der Waals surface area contributed by atoms with Crippen LogP contribution in [0, 0.1) is 0 Å². The van der Waals surface area contributed by atoms with Crippen molar-refractivity contribution in [3.05, 3.63) is 18.2 Å². The van der Waals surface area contributed by atoms with Gasteiger partial charge in [0, 0.05) is 31.5 Å². The van der Waals surface area contributed by atoms with Crippen LogP contribution in [0.25, 0.3) is 0 Å². The summed E-state index contributed by atoms with van der Waals surface area (Å²) in [6.07, 6.45) is 5.43. The molecule has 1 aromatic rings. The highest BCUT2D eigenvalue weighted by Crippen LogP contribution is 2.34. The smallest absolute Gasteiger partial charge is 0.213 e. The van der Waals surface area contributed by atoms with Gasteiger partial charge in [-0.2, -0.15) is 0 Å². The summed E-state index contributed by atoms with van der Waals surface area (Å²) in [5.41, 5.74) is -0.142. The van der Waals surface area contributed by atoms with Crippen LogP contribution in [0.15, 0.2) is 12.4 Å². The Kier molecular flexibility index (Phi) is 4.51. The van der Waals surface area contributed by atoms with Crippen molar-refractivity contribution in [3.63, 3.8) is 0 Å². The second kappa shape index (κ2) is 5.83. The second-order valence-electron chi connectivity index (χ2n) is 5.80. The minimum absolute atomic E-state index is 0.0689. The molecule has 1 aliphatic heterocycles. The maximum absolute atomic E-state index is 11.5. The summed E-state index contributed by atoms with van der Waals surface area (Å²) in [5.74, 6) is 1.36. The van der Waals surface area contributed by atoms with E-state index in [4.69, 9.17) is 4.74 Å². The summed E-state index contributed by atoms with van der Waals surface area (Å²) in [5, 5.41) is 0. The number of aryl methyl sites for hydroxylation is 1. The first-order valence-corrected chi connectivity index (χ1v) is 8.54. The number of rotatable bonds is 5. The Morgan fingerprint density at radius 3 is 2.95 bits per heavy atom. The molecule has 1 N–H and O–H groups in total. The third-order valence-electron chi connectivity index (χ3n) is 3.72. The molecule has 0 unspecified atom stereocenters. The van der Waals surface area contributed by atoms with E-state index in [0.717, 1.165) is 25.3 Å².